The standard InChI is InChI=1S/C18H16N4/c1-2-13-7-9-14(10-8-13)20-17-18-19-11-12-22(18)16-6-4-3-5-15(16)21-17/h3-12H,2H2,1H3,(H,20,21). The summed E-state index contributed by atoms with van der Waals surface area (Å²) in [6.45, 7) is 2.15. The molecular weight excluding hydrogens is 272 g/mol. The molecule has 2 aromatic carbocycles. The monoisotopic (exact) mass is 288 g/mol. The zero-order valence-electron chi connectivity index (χ0n) is 12.3. The molecule has 0 radical (unpaired) electrons. The molecule has 4 aromatic rings. The average Bonchev–Trinajstić information content (AvgIpc) is 3.06. The lowest BCUT2D eigenvalue weighted by Crippen LogP contribution is -2.00. The summed E-state index contributed by atoms with van der Waals surface area (Å²) in [5, 5.41) is 3.38. The molecule has 0 aliphatic rings. The first-order chi connectivity index (χ1) is 10.8. The maximum absolute atomic E-state index is 4.72. The van der Waals surface area contributed by atoms with Gasteiger partial charge < -0.3 is 5.32 Å². The summed E-state index contributed by atoms with van der Waals surface area (Å²) in [7, 11) is 0. The van der Waals surface area contributed by atoms with Crippen LogP contribution in [-0.2, 0) is 6.42 Å². The first-order valence-electron chi connectivity index (χ1n) is 7.43. The van der Waals surface area contributed by atoms with Gasteiger partial charge in [-0.3, -0.25) is 4.40 Å². The third-order valence-corrected chi connectivity index (χ3v) is 3.85. The SMILES string of the molecule is CCc1ccc(Nc2nc3ccccc3n3ccnc23)cc1. The van der Waals surface area contributed by atoms with Crippen molar-refractivity contribution in [2.45, 2.75) is 13.3 Å². The minimum absolute atomic E-state index is 0.771. The molecule has 0 saturated carbocycles. The topological polar surface area (TPSA) is 42.2 Å². The van der Waals surface area contributed by atoms with Crippen LogP contribution >= 0.6 is 0 Å². The Hall–Kier alpha value is -2.88. The average molecular weight is 288 g/mol. The van der Waals surface area contributed by atoms with Crippen molar-refractivity contribution in [2.75, 3.05) is 5.32 Å². The third-order valence-electron chi connectivity index (χ3n) is 3.85. The second-order valence-electron chi connectivity index (χ2n) is 5.25. The molecule has 4 nitrogen and oxygen atoms in total. The van der Waals surface area contributed by atoms with Gasteiger partial charge in [-0.15, -0.1) is 0 Å². The second kappa shape index (κ2) is 5.15. The number of aryl methyl sites for hydroxylation is 1. The highest BCUT2D eigenvalue weighted by Gasteiger charge is 2.09. The zero-order chi connectivity index (χ0) is 14.9. The molecule has 4 rings (SSSR count). The molecule has 0 spiro atoms. The van der Waals surface area contributed by atoms with Gasteiger partial charge in [0.1, 0.15) is 0 Å². The Morgan fingerprint density at radius 2 is 1.86 bits per heavy atom. The van der Waals surface area contributed by atoms with Crippen LogP contribution in [0.1, 0.15) is 12.5 Å². The van der Waals surface area contributed by atoms with E-state index in [1.54, 1.807) is 6.20 Å². The number of fused-ring (bicyclic) bond motifs is 3. The van der Waals surface area contributed by atoms with E-state index in [1.807, 2.05) is 24.4 Å². The van der Waals surface area contributed by atoms with E-state index < -0.39 is 0 Å². The number of aromatic nitrogens is 3. The molecule has 0 unspecified atom stereocenters. The van der Waals surface area contributed by atoms with Crippen LogP contribution in [-0.4, -0.2) is 14.4 Å². The van der Waals surface area contributed by atoms with Crippen molar-refractivity contribution >= 4 is 28.2 Å². The highest BCUT2D eigenvalue weighted by Crippen LogP contribution is 2.23. The lowest BCUT2D eigenvalue weighted by Gasteiger charge is -2.10. The van der Waals surface area contributed by atoms with Crippen LogP contribution in [0.5, 0.6) is 0 Å². The predicted octanol–water partition coefficient (Wildman–Crippen LogP) is 4.19. The van der Waals surface area contributed by atoms with Crippen molar-refractivity contribution < 1.29 is 0 Å². The first-order valence-corrected chi connectivity index (χ1v) is 7.43. The van der Waals surface area contributed by atoms with E-state index in [9.17, 15) is 0 Å². The number of anilines is 2. The molecular formula is C18H16N4. The number of rotatable bonds is 3. The van der Waals surface area contributed by atoms with Crippen molar-refractivity contribution in [1.82, 2.24) is 14.4 Å². The maximum Gasteiger partial charge on any atom is 0.180 e. The summed E-state index contributed by atoms with van der Waals surface area (Å²) in [6.07, 6.45) is 4.80. The Morgan fingerprint density at radius 1 is 1.05 bits per heavy atom. The fourth-order valence-electron chi connectivity index (χ4n) is 2.65. The van der Waals surface area contributed by atoms with Crippen molar-refractivity contribution in [2.24, 2.45) is 0 Å². The summed E-state index contributed by atoms with van der Waals surface area (Å²) in [5.74, 6) is 0.771. The molecule has 2 aromatic heterocycles. The Morgan fingerprint density at radius 3 is 2.68 bits per heavy atom. The van der Waals surface area contributed by atoms with Gasteiger partial charge in [0.25, 0.3) is 0 Å². The quantitative estimate of drug-likeness (QED) is 0.614. The first kappa shape index (κ1) is 12.8. The van der Waals surface area contributed by atoms with E-state index >= 15 is 0 Å². The predicted molar refractivity (Wildman–Crippen MR) is 89.6 cm³/mol. The molecule has 0 saturated heterocycles. The van der Waals surface area contributed by atoms with Crippen LogP contribution in [0.4, 0.5) is 11.5 Å². The largest absolute Gasteiger partial charge is 0.337 e. The molecule has 0 bridgehead atoms. The minimum Gasteiger partial charge on any atom is -0.337 e. The normalized spacial score (nSPS) is 11.1. The van der Waals surface area contributed by atoms with E-state index in [-0.39, 0.29) is 0 Å². The van der Waals surface area contributed by atoms with E-state index in [0.29, 0.717) is 0 Å². The molecule has 0 aliphatic heterocycles. The van der Waals surface area contributed by atoms with Crippen LogP contribution in [0.2, 0.25) is 0 Å². The Kier molecular flexibility index (Phi) is 3.00. The Balaban J connectivity index is 1.83. The van der Waals surface area contributed by atoms with Crippen LogP contribution in [0.3, 0.4) is 0 Å². The van der Waals surface area contributed by atoms with Crippen LogP contribution in [0.15, 0.2) is 60.9 Å². The number of nitrogens with zero attached hydrogens (tertiary/aromatic N) is 3. The molecule has 0 fully saturated rings. The van der Waals surface area contributed by atoms with Gasteiger partial charge >= 0.3 is 0 Å². The molecule has 108 valence electrons. The number of nitrogens with one attached hydrogen (secondary N) is 1. The number of para-hydroxylation sites is 2. The van der Waals surface area contributed by atoms with Crippen LogP contribution < -0.4 is 5.32 Å². The Bertz CT molecular complexity index is 938. The molecule has 0 atom stereocenters. The van der Waals surface area contributed by atoms with E-state index in [1.165, 1.54) is 5.56 Å². The number of imidazole rings is 1. The summed E-state index contributed by atoms with van der Waals surface area (Å²) < 4.78 is 2.06. The highest BCUT2D eigenvalue weighted by molar-refractivity contribution is 5.84. The van der Waals surface area contributed by atoms with Gasteiger partial charge in [0.05, 0.1) is 11.0 Å². The van der Waals surface area contributed by atoms with Gasteiger partial charge in [-0.05, 0) is 36.2 Å². The van der Waals surface area contributed by atoms with Gasteiger partial charge in [-0.2, -0.15) is 0 Å². The Labute approximate surface area is 128 Å². The number of hydrogen-bond acceptors (Lipinski definition) is 3. The van der Waals surface area contributed by atoms with E-state index in [0.717, 1.165) is 34.6 Å². The van der Waals surface area contributed by atoms with Gasteiger partial charge in [0.15, 0.2) is 11.5 Å². The lowest BCUT2D eigenvalue weighted by atomic mass is 10.1. The summed E-state index contributed by atoms with van der Waals surface area (Å²) in [5.41, 5.74) is 5.17. The summed E-state index contributed by atoms with van der Waals surface area (Å²) >= 11 is 0. The van der Waals surface area contributed by atoms with E-state index in [2.05, 4.69) is 52.0 Å². The number of hydrogen-bond donors (Lipinski definition) is 1. The van der Waals surface area contributed by atoms with Crippen LogP contribution in [0.25, 0.3) is 16.7 Å². The van der Waals surface area contributed by atoms with Crippen molar-refractivity contribution in [1.29, 1.82) is 0 Å². The second-order valence-corrected chi connectivity index (χ2v) is 5.25. The smallest absolute Gasteiger partial charge is 0.180 e. The van der Waals surface area contributed by atoms with E-state index in [4.69, 9.17) is 4.98 Å². The van der Waals surface area contributed by atoms with Gasteiger partial charge in [0.2, 0.25) is 0 Å². The number of benzene rings is 2. The molecule has 4 heteroatoms. The molecule has 2 heterocycles. The minimum atomic E-state index is 0.771. The van der Waals surface area contributed by atoms with Crippen molar-refractivity contribution in [3.8, 4) is 0 Å². The van der Waals surface area contributed by atoms with Crippen LogP contribution in [0, 0.1) is 0 Å². The maximum atomic E-state index is 4.72. The molecule has 1 N–H and O–H groups in total. The third kappa shape index (κ3) is 2.09. The molecule has 0 amide bonds. The molecule has 22 heavy (non-hydrogen) atoms. The zero-order valence-corrected chi connectivity index (χ0v) is 12.3. The van der Waals surface area contributed by atoms with Gasteiger partial charge in [-0.1, -0.05) is 31.2 Å². The summed E-state index contributed by atoms with van der Waals surface area (Å²) in [6, 6.07) is 16.5. The fraction of sp³-hybridized carbons (Fsp3) is 0.111. The fourth-order valence-corrected chi connectivity index (χ4v) is 2.65. The van der Waals surface area contributed by atoms with Crippen molar-refractivity contribution in [3.63, 3.8) is 0 Å². The molecule has 0 aliphatic carbocycles. The highest BCUT2D eigenvalue weighted by atomic mass is 15.1. The van der Waals surface area contributed by atoms with Gasteiger partial charge in [0, 0.05) is 18.1 Å². The van der Waals surface area contributed by atoms with Crippen molar-refractivity contribution in [3.05, 3.63) is 66.5 Å². The van der Waals surface area contributed by atoms with Gasteiger partial charge in [-0.25, -0.2) is 9.97 Å². The summed E-state index contributed by atoms with van der Waals surface area (Å²) in [4.78, 5) is 9.16. The lowest BCUT2D eigenvalue weighted by molar-refractivity contribution is 1.14.